The Kier molecular flexibility index (Phi) is 5.05. The standard InChI is InChI=1S/C15H20N2O6/c1-8-10(5-6-21-2)17-7-9(15(20)23-4)12(18)13(22-3)11(17)14(19)16-8/h7-8,10H,5-6H2,1-4H3,(H,16,19)/t8-,10-/m1/s1. The molecule has 1 amide bonds. The largest absolute Gasteiger partial charge is 0.491 e. The third-order valence-corrected chi connectivity index (χ3v) is 3.93. The minimum atomic E-state index is -0.771. The molecule has 2 atom stereocenters. The smallest absolute Gasteiger partial charge is 0.343 e. The summed E-state index contributed by atoms with van der Waals surface area (Å²) < 4.78 is 16.5. The monoisotopic (exact) mass is 324 g/mol. The number of amides is 1. The Morgan fingerprint density at radius 2 is 2.00 bits per heavy atom. The van der Waals surface area contributed by atoms with Crippen molar-refractivity contribution in [3.8, 4) is 5.75 Å². The second-order valence-electron chi connectivity index (χ2n) is 5.26. The highest BCUT2D eigenvalue weighted by Gasteiger charge is 2.35. The van der Waals surface area contributed by atoms with Gasteiger partial charge >= 0.3 is 5.97 Å². The van der Waals surface area contributed by atoms with E-state index >= 15 is 0 Å². The van der Waals surface area contributed by atoms with E-state index in [2.05, 4.69) is 10.1 Å². The number of hydrogen-bond acceptors (Lipinski definition) is 6. The minimum absolute atomic E-state index is 0.101. The fourth-order valence-corrected chi connectivity index (χ4v) is 2.78. The Hall–Kier alpha value is -2.35. The van der Waals surface area contributed by atoms with Crippen molar-refractivity contribution in [2.75, 3.05) is 27.9 Å². The molecule has 2 heterocycles. The maximum absolute atomic E-state index is 12.4. The molecule has 126 valence electrons. The summed E-state index contributed by atoms with van der Waals surface area (Å²) in [5.74, 6) is -1.36. The maximum atomic E-state index is 12.4. The quantitative estimate of drug-likeness (QED) is 0.785. The zero-order valence-corrected chi connectivity index (χ0v) is 13.5. The first-order chi connectivity index (χ1) is 11.0. The molecule has 0 radical (unpaired) electrons. The Labute approximate surface area is 133 Å². The molecular weight excluding hydrogens is 304 g/mol. The van der Waals surface area contributed by atoms with Gasteiger partial charge in [-0.3, -0.25) is 9.59 Å². The molecule has 8 heteroatoms. The zero-order valence-electron chi connectivity index (χ0n) is 13.5. The summed E-state index contributed by atoms with van der Waals surface area (Å²) in [5.41, 5.74) is -0.734. The van der Waals surface area contributed by atoms with Crippen LogP contribution in [0.2, 0.25) is 0 Å². The number of esters is 1. The van der Waals surface area contributed by atoms with Gasteiger partial charge in [0.15, 0.2) is 11.4 Å². The molecule has 0 spiro atoms. The number of aromatic nitrogens is 1. The van der Waals surface area contributed by atoms with Crippen LogP contribution in [0.4, 0.5) is 0 Å². The average molecular weight is 324 g/mol. The van der Waals surface area contributed by atoms with Gasteiger partial charge in [0.2, 0.25) is 5.43 Å². The molecule has 0 aliphatic carbocycles. The van der Waals surface area contributed by atoms with Crippen LogP contribution in [0.25, 0.3) is 0 Å². The van der Waals surface area contributed by atoms with E-state index in [1.54, 1.807) is 11.7 Å². The first-order valence-corrected chi connectivity index (χ1v) is 7.17. The van der Waals surface area contributed by atoms with Crippen LogP contribution in [-0.2, 0) is 9.47 Å². The Balaban J connectivity index is 2.69. The highest BCUT2D eigenvalue weighted by molar-refractivity contribution is 5.98. The van der Waals surface area contributed by atoms with Crippen molar-refractivity contribution in [1.82, 2.24) is 9.88 Å². The van der Waals surface area contributed by atoms with Crippen LogP contribution in [-0.4, -0.2) is 50.4 Å². The highest BCUT2D eigenvalue weighted by Crippen LogP contribution is 2.28. The van der Waals surface area contributed by atoms with E-state index in [4.69, 9.17) is 9.47 Å². The lowest BCUT2D eigenvalue weighted by Crippen LogP contribution is -2.48. The third kappa shape index (κ3) is 2.94. The molecular formula is C15H20N2O6. The molecule has 1 aromatic rings. The van der Waals surface area contributed by atoms with Gasteiger partial charge < -0.3 is 24.1 Å². The number of ether oxygens (including phenoxy) is 3. The normalized spacial score (nSPS) is 19.7. The SMILES string of the molecule is COCC[C@@H]1[C@@H](C)NC(=O)c2c(OC)c(=O)c(C(=O)OC)cn21. The number of pyridine rings is 1. The number of methoxy groups -OCH3 is 3. The number of nitrogens with one attached hydrogen (secondary N) is 1. The number of carbonyl (C=O) groups is 2. The highest BCUT2D eigenvalue weighted by atomic mass is 16.5. The lowest BCUT2D eigenvalue weighted by molar-refractivity contribution is 0.0594. The molecule has 2 rings (SSSR count). The van der Waals surface area contributed by atoms with Crippen molar-refractivity contribution in [1.29, 1.82) is 0 Å². The van der Waals surface area contributed by atoms with E-state index in [9.17, 15) is 14.4 Å². The number of hydrogen-bond donors (Lipinski definition) is 1. The van der Waals surface area contributed by atoms with Gasteiger partial charge in [-0.2, -0.15) is 0 Å². The van der Waals surface area contributed by atoms with E-state index in [-0.39, 0.29) is 29.1 Å². The van der Waals surface area contributed by atoms with Crippen molar-refractivity contribution in [3.63, 3.8) is 0 Å². The summed E-state index contributed by atoms with van der Waals surface area (Å²) in [4.78, 5) is 36.5. The Morgan fingerprint density at radius 1 is 1.30 bits per heavy atom. The summed E-state index contributed by atoms with van der Waals surface area (Å²) in [7, 11) is 4.06. The molecule has 0 saturated heterocycles. The Morgan fingerprint density at radius 3 is 2.57 bits per heavy atom. The van der Waals surface area contributed by atoms with Gasteiger partial charge in [0, 0.05) is 26.0 Å². The van der Waals surface area contributed by atoms with Crippen LogP contribution >= 0.6 is 0 Å². The van der Waals surface area contributed by atoms with Crippen molar-refractivity contribution in [2.24, 2.45) is 0 Å². The van der Waals surface area contributed by atoms with Crippen LogP contribution in [0, 0.1) is 0 Å². The lowest BCUT2D eigenvalue weighted by Gasteiger charge is -2.34. The predicted octanol–water partition coefficient (Wildman–Crippen LogP) is 0.353. The predicted molar refractivity (Wildman–Crippen MR) is 81.1 cm³/mol. The zero-order chi connectivity index (χ0) is 17.1. The molecule has 1 N–H and O–H groups in total. The van der Waals surface area contributed by atoms with Crippen LogP contribution in [0.3, 0.4) is 0 Å². The van der Waals surface area contributed by atoms with Gasteiger partial charge in [-0.1, -0.05) is 0 Å². The first-order valence-electron chi connectivity index (χ1n) is 7.17. The van der Waals surface area contributed by atoms with Gasteiger partial charge in [0.1, 0.15) is 5.56 Å². The van der Waals surface area contributed by atoms with Crippen LogP contribution in [0.15, 0.2) is 11.0 Å². The molecule has 23 heavy (non-hydrogen) atoms. The molecule has 1 aromatic heterocycles. The van der Waals surface area contributed by atoms with Crippen molar-refractivity contribution in [2.45, 2.75) is 25.4 Å². The molecule has 0 aromatic carbocycles. The number of rotatable bonds is 5. The van der Waals surface area contributed by atoms with E-state index in [1.165, 1.54) is 20.4 Å². The van der Waals surface area contributed by atoms with Crippen LogP contribution in [0.5, 0.6) is 5.75 Å². The number of nitrogens with zero attached hydrogens (tertiary/aromatic N) is 1. The summed E-state index contributed by atoms with van der Waals surface area (Å²) in [6.45, 7) is 2.32. The summed E-state index contributed by atoms with van der Waals surface area (Å²) in [6.07, 6.45) is 1.96. The molecule has 0 bridgehead atoms. The second kappa shape index (κ2) is 6.82. The topological polar surface area (TPSA) is 95.9 Å². The van der Waals surface area contributed by atoms with Gasteiger partial charge in [0.05, 0.1) is 20.3 Å². The molecule has 0 fully saturated rings. The molecule has 1 aliphatic heterocycles. The van der Waals surface area contributed by atoms with E-state index in [0.29, 0.717) is 13.0 Å². The molecule has 8 nitrogen and oxygen atoms in total. The number of carbonyl (C=O) groups excluding carboxylic acids is 2. The molecule has 0 unspecified atom stereocenters. The van der Waals surface area contributed by atoms with Crippen molar-refractivity contribution >= 4 is 11.9 Å². The fraction of sp³-hybridized carbons (Fsp3) is 0.533. The van der Waals surface area contributed by atoms with E-state index in [1.807, 2.05) is 6.92 Å². The van der Waals surface area contributed by atoms with Crippen molar-refractivity contribution in [3.05, 3.63) is 27.7 Å². The average Bonchev–Trinajstić information content (AvgIpc) is 2.53. The molecule has 0 saturated carbocycles. The minimum Gasteiger partial charge on any atom is -0.491 e. The van der Waals surface area contributed by atoms with Gasteiger partial charge in [-0.25, -0.2) is 4.79 Å². The summed E-state index contributed by atoms with van der Waals surface area (Å²) in [5, 5.41) is 2.81. The first kappa shape index (κ1) is 17.0. The van der Waals surface area contributed by atoms with Gasteiger partial charge in [-0.05, 0) is 13.3 Å². The molecule has 1 aliphatic rings. The van der Waals surface area contributed by atoms with Gasteiger partial charge in [0.25, 0.3) is 5.91 Å². The van der Waals surface area contributed by atoms with Crippen LogP contribution in [0.1, 0.15) is 40.2 Å². The lowest BCUT2D eigenvalue weighted by atomic mass is 10.0. The Bertz CT molecular complexity index is 681. The maximum Gasteiger partial charge on any atom is 0.343 e. The van der Waals surface area contributed by atoms with Crippen molar-refractivity contribution < 1.29 is 23.8 Å². The van der Waals surface area contributed by atoms with Crippen LogP contribution < -0.4 is 15.5 Å². The fourth-order valence-electron chi connectivity index (χ4n) is 2.78. The van der Waals surface area contributed by atoms with E-state index in [0.717, 1.165) is 0 Å². The summed E-state index contributed by atoms with van der Waals surface area (Å²) >= 11 is 0. The third-order valence-electron chi connectivity index (χ3n) is 3.93. The van der Waals surface area contributed by atoms with Gasteiger partial charge in [-0.15, -0.1) is 0 Å². The summed E-state index contributed by atoms with van der Waals surface area (Å²) in [6, 6.07) is -0.372. The number of fused-ring (bicyclic) bond motifs is 1. The van der Waals surface area contributed by atoms with E-state index < -0.39 is 17.3 Å². The second-order valence-corrected chi connectivity index (χ2v) is 5.26.